The average Bonchev–Trinajstić information content (AvgIpc) is 3.80. The highest BCUT2D eigenvalue weighted by molar-refractivity contribution is 5.78. The zero-order valence-corrected chi connectivity index (χ0v) is 27.7. The molecule has 0 unspecified atom stereocenters. The average molecular weight is 629 g/mol. The number of ether oxygens (including phenoxy) is 3. The number of hydrogen-bond acceptors (Lipinski definition) is 8. The summed E-state index contributed by atoms with van der Waals surface area (Å²) in [4.78, 5) is 19.1. The lowest BCUT2D eigenvalue weighted by Gasteiger charge is -2.29. The van der Waals surface area contributed by atoms with Crippen molar-refractivity contribution in [1.29, 1.82) is 0 Å². The third-order valence-corrected chi connectivity index (χ3v) is 8.39. The van der Waals surface area contributed by atoms with Gasteiger partial charge in [0, 0.05) is 61.3 Å². The number of hydrogen-bond donors (Lipinski definition) is 1. The molecule has 7 rings (SSSR count). The molecule has 0 spiro atoms. The molecule has 1 N–H and O–H groups in total. The number of nitrogens with one attached hydrogen (secondary N) is 1. The smallest absolute Gasteiger partial charge is 0.223 e. The molecular formula is C36H48N6O4. The van der Waals surface area contributed by atoms with Gasteiger partial charge in [0.1, 0.15) is 5.75 Å². The molecular weight excluding hydrogens is 580 g/mol. The van der Waals surface area contributed by atoms with Crippen LogP contribution < -0.4 is 15.0 Å². The Balaban J connectivity index is 0.000000227. The number of nitrogens with zero attached hydrogens (tertiary/aromatic N) is 5. The van der Waals surface area contributed by atoms with E-state index in [1.807, 2.05) is 35.8 Å². The largest absolute Gasteiger partial charge is 0.439 e. The third-order valence-electron chi connectivity index (χ3n) is 8.39. The van der Waals surface area contributed by atoms with Crippen molar-refractivity contribution in [1.82, 2.24) is 24.8 Å². The predicted octanol–water partition coefficient (Wildman–Crippen LogP) is 5.57. The number of benzene rings is 2. The van der Waals surface area contributed by atoms with Crippen LogP contribution in [-0.2, 0) is 14.3 Å². The van der Waals surface area contributed by atoms with Crippen LogP contribution in [-0.4, -0.2) is 91.1 Å². The number of fused-ring (bicyclic) bond motifs is 1. The van der Waals surface area contributed by atoms with Gasteiger partial charge in [-0.3, -0.25) is 9.69 Å². The number of aromatic nitrogens is 3. The fourth-order valence-electron chi connectivity index (χ4n) is 5.42. The Morgan fingerprint density at radius 3 is 2.33 bits per heavy atom. The van der Waals surface area contributed by atoms with E-state index in [1.54, 1.807) is 0 Å². The third kappa shape index (κ3) is 9.28. The highest BCUT2D eigenvalue weighted by atomic mass is 16.5. The maximum atomic E-state index is 9.54. The topological polar surface area (TPSA) is 93.5 Å². The van der Waals surface area contributed by atoms with Gasteiger partial charge in [0.25, 0.3) is 0 Å². The second-order valence-corrected chi connectivity index (χ2v) is 12.0. The van der Waals surface area contributed by atoms with E-state index in [9.17, 15) is 4.79 Å². The summed E-state index contributed by atoms with van der Waals surface area (Å²) in [6.45, 7) is 17.1. The lowest BCUT2D eigenvalue weighted by atomic mass is 10.0. The van der Waals surface area contributed by atoms with Gasteiger partial charge >= 0.3 is 0 Å². The Kier molecular flexibility index (Phi) is 12.0. The van der Waals surface area contributed by atoms with Crippen LogP contribution >= 0.6 is 0 Å². The highest BCUT2D eigenvalue weighted by Gasteiger charge is 2.19. The lowest BCUT2D eigenvalue weighted by molar-refractivity contribution is -0.109. The van der Waals surface area contributed by atoms with Crippen LogP contribution in [0.25, 0.3) is 16.8 Å². The van der Waals surface area contributed by atoms with E-state index in [-0.39, 0.29) is 0 Å². The molecule has 2 aromatic carbocycles. The summed E-state index contributed by atoms with van der Waals surface area (Å²) in [6.07, 6.45) is 6.26. The lowest BCUT2D eigenvalue weighted by Crippen LogP contribution is -2.36. The second-order valence-electron chi connectivity index (χ2n) is 12.0. The van der Waals surface area contributed by atoms with Gasteiger partial charge in [-0.2, -0.15) is 10.1 Å². The van der Waals surface area contributed by atoms with Crippen LogP contribution in [0.1, 0.15) is 43.0 Å². The Bertz CT molecular complexity index is 1550. The molecule has 1 saturated carbocycles. The predicted molar refractivity (Wildman–Crippen MR) is 182 cm³/mol. The minimum Gasteiger partial charge on any atom is -0.439 e. The van der Waals surface area contributed by atoms with Crippen LogP contribution in [0.15, 0.2) is 54.7 Å². The van der Waals surface area contributed by atoms with Crippen molar-refractivity contribution in [2.45, 2.75) is 53.0 Å². The normalized spacial score (nSPS) is 16.6. The molecule has 1 aliphatic carbocycles. The molecule has 4 aromatic rings. The van der Waals surface area contributed by atoms with Gasteiger partial charge in [0.05, 0.1) is 32.6 Å². The number of rotatable bonds is 8. The molecule has 4 heterocycles. The maximum Gasteiger partial charge on any atom is 0.223 e. The van der Waals surface area contributed by atoms with E-state index in [2.05, 4.69) is 71.3 Å². The van der Waals surface area contributed by atoms with Crippen molar-refractivity contribution < 1.29 is 19.0 Å². The van der Waals surface area contributed by atoms with Crippen molar-refractivity contribution >= 4 is 17.7 Å². The molecule has 10 nitrogen and oxygen atoms in total. The van der Waals surface area contributed by atoms with Gasteiger partial charge in [-0.15, -0.1) is 0 Å². The number of morpholine rings is 2. The fourth-order valence-corrected chi connectivity index (χ4v) is 5.42. The van der Waals surface area contributed by atoms with Crippen LogP contribution in [0.3, 0.4) is 0 Å². The summed E-state index contributed by atoms with van der Waals surface area (Å²) in [5, 5.41) is 7.19. The van der Waals surface area contributed by atoms with E-state index in [4.69, 9.17) is 19.2 Å². The molecule has 46 heavy (non-hydrogen) atoms. The van der Waals surface area contributed by atoms with E-state index in [0.717, 1.165) is 92.9 Å². The Morgan fingerprint density at radius 1 is 0.935 bits per heavy atom. The Hall–Kier alpha value is -3.99. The molecule has 10 heteroatoms. The number of carbonyl (C=O) groups is 1. The van der Waals surface area contributed by atoms with Crippen molar-refractivity contribution in [3.05, 3.63) is 71.5 Å². The first-order valence-corrected chi connectivity index (χ1v) is 16.5. The van der Waals surface area contributed by atoms with Crippen molar-refractivity contribution in [2.24, 2.45) is 0 Å². The van der Waals surface area contributed by atoms with Gasteiger partial charge in [0.15, 0.2) is 5.65 Å². The monoisotopic (exact) mass is 628 g/mol. The quantitative estimate of drug-likeness (QED) is 0.253. The first kappa shape index (κ1) is 33.4. The van der Waals surface area contributed by atoms with Crippen molar-refractivity contribution in [3.8, 4) is 22.8 Å². The molecule has 2 aromatic heterocycles. The zero-order valence-electron chi connectivity index (χ0n) is 27.7. The van der Waals surface area contributed by atoms with Gasteiger partial charge in [0.2, 0.25) is 12.3 Å². The van der Waals surface area contributed by atoms with E-state index < -0.39 is 0 Å². The van der Waals surface area contributed by atoms with Crippen LogP contribution in [0, 0.1) is 20.8 Å². The Morgan fingerprint density at radius 2 is 1.67 bits per heavy atom. The summed E-state index contributed by atoms with van der Waals surface area (Å²) >= 11 is 0. The summed E-state index contributed by atoms with van der Waals surface area (Å²) in [7, 11) is 0. The van der Waals surface area contributed by atoms with Crippen molar-refractivity contribution in [2.75, 3.05) is 64.1 Å². The standard InChI is InChI=1S/C25H26N4O2.C7H15NO.C4H7NO/c1-17-7-8-20(13-18(17)2)23-16-26-29-19(3)14-24(27-25(23)29)31-22-6-4-5-21(15-22)28-9-11-30-12-10-28;1-2-3-8-4-6-9-7-5-8;6-3-5-4-1-2-4/h4-8,13-16H,9-12H2,1-3H3;2-7H2,1H3;3-4H,1-2H2,(H,5,6). The molecule has 246 valence electrons. The molecule has 0 bridgehead atoms. The number of amides is 1. The first-order chi connectivity index (χ1) is 22.4. The number of carbonyl (C=O) groups excluding carboxylic acids is 1. The molecule has 3 aliphatic rings. The second kappa shape index (κ2) is 16.5. The van der Waals surface area contributed by atoms with Crippen molar-refractivity contribution in [3.63, 3.8) is 0 Å². The SMILES string of the molecule is CCCN1CCOCC1.Cc1ccc(-c2cnn3c(C)cc(Oc4cccc(N5CCOCC5)c4)nc23)cc1C.O=CNC1CC1. The highest BCUT2D eigenvalue weighted by Crippen LogP contribution is 2.30. The number of anilines is 1. The number of aryl methyl sites for hydroxylation is 3. The maximum absolute atomic E-state index is 9.54. The van der Waals surface area contributed by atoms with Gasteiger partial charge in [-0.1, -0.05) is 31.2 Å². The Labute approximate surface area is 272 Å². The summed E-state index contributed by atoms with van der Waals surface area (Å²) in [5.41, 5.74) is 7.53. The van der Waals surface area contributed by atoms with Gasteiger partial charge < -0.3 is 24.4 Å². The van der Waals surface area contributed by atoms with Crippen LogP contribution in [0.2, 0.25) is 0 Å². The zero-order chi connectivity index (χ0) is 32.3. The molecule has 0 atom stereocenters. The summed E-state index contributed by atoms with van der Waals surface area (Å²) in [5.74, 6) is 1.34. The summed E-state index contributed by atoms with van der Waals surface area (Å²) < 4.78 is 18.7. The van der Waals surface area contributed by atoms with Gasteiger partial charge in [-0.05, 0) is 75.4 Å². The molecule has 3 fully saturated rings. The van der Waals surface area contributed by atoms with Crippen LogP contribution in [0.4, 0.5) is 5.69 Å². The minimum absolute atomic E-state index is 0.530. The molecule has 2 aliphatic heterocycles. The minimum atomic E-state index is 0.530. The van der Waals surface area contributed by atoms with Gasteiger partial charge in [-0.25, -0.2) is 4.52 Å². The van der Waals surface area contributed by atoms with E-state index in [1.165, 1.54) is 36.9 Å². The fraction of sp³-hybridized carbons (Fsp3) is 0.472. The summed E-state index contributed by atoms with van der Waals surface area (Å²) in [6, 6.07) is 17.0. The molecule has 2 saturated heterocycles. The van der Waals surface area contributed by atoms with Crippen LogP contribution in [0.5, 0.6) is 11.6 Å². The molecule has 0 radical (unpaired) electrons. The first-order valence-electron chi connectivity index (χ1n) is 16.5. The van der Waals surface area contributed by atoms with E-state index in [0.29, 0.717) is 11.9 Å². The van der Waals surface area contributed by atoms with E-state index >= 15 is 0 Å². The molecule has 1 amide bonds.